The van der Waals surface area contributed by atoms with E-state index in [4.69, 9.17) is 14.2 Å². The summed E-state index contributed by atoms with van der Waals surface area (Å²) in [6.45, 7) is 19.2. The van der Waals surface area contributed by atoms with Crippen LogP contribution in [0.3, 0.4) is 0 Å². The first-order valence-corrected chi connectivity index (χ1v) is 8.08. The lowest BCUT2D eigenvalue weighted by Gasteiger charge is -2.36. The van der Waals surface area contributed by atoms with Crippen molar-refractivity contribution in [1.82, 2.24) is 0 Å². The van der Waals surface area contributed by atoms with E-state index in [1.54, 1.807) is 0 Å². The second-order valence-electron chi connectivity index (χ2n) is 7.40. The molecule has 0 spiro atoms. The van der Waals surface area contributed by atoms with Gasteiger partial charge in [0.25, 0.3) is 5.97 Å². The minimum Gasteiger partial charge on any atom is -0.327 e. The molecule has 0 rings (SSSR count). The number of rotatable bonds is 11. The molecule has 0 saturated carbocycles. The lowest BCUT2D eigenvalue weighted by atomic mass is 10.1. The van der Waals surface area contributed by atoms with Crippen molar-refractivity contribution in [3.05, 3.63) is 0 Å². The summed E-state index contributed by atoms with van der Waals surface area (Å²) < 4.78 is 18.2. The molecule has 20 heavy (non-hydrogen) atoms. The number of ether oxygens (including phenoxy) is 3. The second kappa shape index (κ2) is 9.75. The van der Waals surface area contributed by atoms with E-state index in [2.05, 4.69) is 55.4 Å². The van der Waals surface area contributed by atoms with Crippen molar-refractivity contribution in [3.63, 3.8) is 0 Å². The van der Waals surface area contributed by atoms with Gasteiger partial charge in [0.2, 0.25) is 0 Å². The van der Waals surface area contributed by atoms with Crippen LogP contribution in [-0.2, 0) is 14.2 Å². The molecule has 0 heterocycles. The molecule has 122 valence electrons. The zero-order chi connectivity index (χ0) is 15.8. The molecule has 0 aliphatic carbocycles. The molecule has 0 unspecified atom stereocenters. The number of hydrogen-bond acceptors (Lipinski definition) is 3. The Balaban J connectivity index is 4.84. The highest BCUT2D eigenvalue weighted by atomic mass is 16.9. The van der Waals surface area contributed by atoms with E-state index in [9.17, 15) is 0 Å². The molecule has 0 amide bonds. The predicted molar refractivity (Wildman–Crippen MR) is 84.6 cm³/mol. The van der Waals surface area contributed by atoms with E-state index >= 15 is 0 Å². The summed E-state index contributed by atoms with van der Waals surface area (Å²) in [5.41, 5.74) is 0. The van der Waals surface area contributed by atoms with E-state index in [-0.39, 0.29) is 0 Å². The van der Waals surface area contributed by atoms with Crippen molar-refractivity contribution in [2.45, 2.75) is 67.8 Å². The highest BCUT2D eigenvalue weighted by Crippen LogP contribution is 2.27. The summed E-state index contributed by atoms with van der Waals surface area (Å²) >= 11 is 0. The Morgan fingerprint density at radius 1 is 0.550 bits per heavy atom. The molecule has 0 aromatic carbocycles. The Labute approximate surface area is 126 Å². The molecule has 0 aliphatic rings. The average Bonchev–Trinajstić information content (AvgIpc) is 2.30. The van der Waals surface area contributed by atoms with Crippen molar-refractivity contribution in [3.8, 4) is 0 Å². The van der Waals surface area contributed by atoms with E-state index in [1.165, 1.54) is 0 Å². The first-order chi connectivity index (χ1) is 9.17. The van der Waals surface area contributed by atoms with Gasteiger partial charge in [0.1, 0.15) is 0 Å². The molecule has 0 radical (unpaired) electrons. The maximum atomic E-state index is 6.06. The van der Waals surface area contributed by atoms with Gasteiger partial charge in [-0.25, -0.2) is 0 Å². The summed E-state index contributed by atoms with van der Waals surface area (Å²) in [5, 5.41) is 0. The standard InChI is InChI=1S/C17H36O3/c1-13(2)9-17(18-10-14(3)4,19-11-15(5)6)20-12-16(7)8/h13-16H,9-12H2,1-8H3. The smallest absolute Gasteiger partial charge is 0.283 e. The molecule has 0 atom stereocenters. The highest BCUT2D eigenvalue weighted by Gasteiger charge is 2.35. The second-order valence-corrected chi connectivity index (χ2v) is 7.40. The third-order valence-corrected chi connectivity index (χ3v) is 2.57. The highest BCUT2D eigenvalue weighted by molar-refractivity contribution is 4.64. The quantitative estimate of drug-likeness (QED) is 0.516. The van der Waals surface area contributed by atoms with Crippen molar-refractivity contribution in [2.24, 2.45) is 23.7 Å². The van der Waals surface area contributed by atoms with E-state index in [0.29, 0.717) is 43.5 Å². The van der Waals surface area contributed by atoms with Gasteiger partial charge in [0.15, 0.2) is 0 Å². The average molecular weight is 288 g/mol. The molecule has 0 aromatic heterocycles. The van der Waals surface area contributed by atoms with Gasteiger partial charge in [0.05, 0.1) is 19.8 Å². The zero-order valence-electron chi connectivity index (χ0n) is 14.9. The molecule has 0 fully saturated rings. The molecule has 0 bridgehead atoms. The first kappa shape index (κ1) is 19.9. The maximum absolute atomic E-state index is 6.06. The van der Waals surface area contributed by atoms with Gasteiger partial charge in [0, 0.05) is 6.42 Å². The summed E-state index contributed by atoms with van der Waals surface area (Å²) in [5.74, 6) is 0.972. The summed E-state index contributed by atoms with van der Waals surface area (Å²) in [7, 11) is 0. The van der Waals surface area contributed by atoms with Gasteiger partial charge in [-0.05, 0) is 23.7 Å². The third kappa shape index (κ3) is 9.73. The first-order valence-electron chi connectivity index (χ1n) is 8.08. The van der Waals surface area contributed by atoms with E-state index in [1.807, 2.05) is 0 Å². The molecule has 3 nitrogen and oxygen atoms in total. The van der Waals surface area contributed by atoms with Crippen LogP contribution in [0.2, 0.25) is 0 Å². The van der Waals surface area contributed by atoms with Crippen LogP contribution >= 0.6 is 0 Å². The topological polar surface area (TPSA) is 27.7 Å². The van der Waals surface area contributed by atoms with Crippen LogP contribution in [0.25, 0.3) is 0 Å². The van der Waals surface area contributed by atoms with Gasteiger partial charge in [-0.15, -0.1) is 0 Å². The lowest BCUT2D eigenvalue weighted by Crippen LogP contribution is -2.43. The Bertz CT molecular complexity index is 203. The summed E-state index contributed by atoms with van der Waals surface area (Å²) in [6.07, 6.45) is 0.763. The zero-order valence-corrected chi connectivity index (χ0v) is 14.9. The van der Waals surface area contributed by atoms with Crippen LogP contribution in [0.4, 0.5) is 0 Å². The minimum atomic E-state index is -0.882. The summed E-state index contributed by atoms with van der Waals surface area (Å²) in [6, 6.07) is 0. The van der Waals surface area contributed by atoms with Gasteiger partial charge in [-0.2, -0.15) is 0 Å². The molecule has 0 aromatic rings. The monoisotopic (exact) mass is 288 g/mol. The normalized spacial score (nSPS) is 13.2. The fourth-order valence-corrected chi connectivity index (χ4v) is 1.68. The molecule has 3 heteroatoms. The van der Waals surface area contributed by atoms with Crippen molar-refractivity contribution in [1.29, 1.82) is 0 Å². The van der Waals surface area contributed by atoms with Gasteiger partial charge in [-0.1, -0.05) is 55.4 Å². The van der Waals surface area contributed by atoms with E-state index in [0.717, 1.165) is 6.42 Å². The Kier molecular flexibility index (Phi) is 9.69. The van der Waals surface area contributed by atoms with Crippen LogP contribution in [0.1, 0.15) is 61.8 Å². The Hall–Kier alpha value is -0.120. The Morgan fingerprint density at radius 2 is 0.850 bits per heavy atom. The maximum Gasteiger partial charge on any atom is 0.283 e. The summed E-state index contributed by atoms with van der Waals surface area (Å²) in [4.78, 5) is 0. The van der Waals surface area contributed by atoms with Crippen LogP contribution in [-0.4, -0.2) is 25.8 Å². The van der Waals surface area contributed by atoms with Gasteiger partial charge < -0.3 is 14.2 Å². The van der Waals surface area contributed by atoms with Crippen LogP contribution in [0.15, 0.2) is 0 Å². The Morgan fingerprint density at radius 3 is 1.05 bits per heavy atom. The predicted octanol–water partition coefficient (Wildman–Crippen LogP) is 4.70. The third-order valence-electron chi connectivity index (χ3n) is 2.57. The molecule has 0 aliphatic heterocycles. The van der Waals surface area contributed by atoms with Crippen LogP contribution in [0, 0.1) is 23.7 Å². The number of hydrogen-bond donors (Lipinski definition) is 0. The van der Waals surface area contributed by atoms with Crippen molar-refractivity contribution < 1.29 is 14.2 Å². The fraction of sp³-hybridized carbons (Fsp3) is 1.00. The van der Waals surface area contributed by atoms with Crippen molar-refractivity contribution >= 4 is 0 Å². The molecule has 0 N–H and O–H groups in total. The van der Waals surface area contributed by atoms with Gasteiger partial charge >= 0.3 is 0 Å². The van der Waals surface area contributed by atoms with Crippen LogP contribution < -0.4 is 0 Å². The van der Waals surface area contributed by atoms with E-state index < -0.39 is 5.97 Å². The van der Waals surface area contributed by atoms with Gasteiger partial charge in [-0.3, -0.25) is 0 Å². The molecule has 0 saturated heterocycles. The largest absolute Gasteiger partial charge is 0.327 e. The molecular weight excluding hydrogens is 252 g/mol. The fourth-order valence-electron chi connectivity index (χ4n) is 1.68. The molecular formula is C17H36O3. The lowest BCUT2D eigenvalue weighted by molar-refractivity contribution is -0.392. The van der Waals surface area contributed by atoms with Crippen LogP contribution in [0.5, 0.6) is 0 Å². The minimum absolute atomic E-state index is 0.460. The van der Waals surface area contributed by atoms with Crippen molar-refractivity contribution in [2.75, 3.05) is 19.8 Å². The SMILES string of the molecule is CC(C)COC(CC(C)C)(OCC(C)C)OCC(C)C.